The summed E-state index contributed by atoms with van der Waals surface area (Å²) >= 11 is 0. The van der Waals surface area contributed by atoms with Gasteiger partial charge in [0.1, 0.15) is 11.9 Å². The Morgan fingerprint density at radius 3 is 2.39 bits per heavy atom. The second kappa shape index (κ2) is 10.4. The summed E-state index contributed by atoms with van der Waals surface area (Å²) in [5.41, 5.74) is 3.14. The van der Waals surface area contributed by atoms with Crippen molar-refractivity contribution in [1.82, 2.24) is 15.1 Å². The topological polar surface area (TPSA) is 64.7 Å². The van der Waals surface area contributed by atoms with E-state index in [4.69, 9.17) is 0 Å². The molecule has 3 aliphatic rings. The van der Waals surface area contributed by atoms with Crippen molar-refractivity contribution in [3.05, 3.63) is 77.6 Å². The Labute approximate surface area is 223 Å². The number of fused-ring (bicyclic) bond motifs is 3. The molecule has 3 aromatic rings. The van der Waals surface area contributed by atoms with E-state index >= 15 is 0 Å². The van der Waals surface area contributed by atoms with E-state index in [9.17, 15) is 14.0 Å². The monoisotopic (exact) mass is 514 g/mol. The predicted octanol–water partition coefficient (Wildman–Crippen LogP) is 5.60. The molecule has 198 valence electrons. The first-order chi connectivity index (χ1) is 18.4. The standard InChI is InChI=1S/C31H35FN4O2/c1-20-4-10-25(11-5-20)33-30(37)29-3-2-14-35(29)31(38)34-26-17-27-12-13-28(18-26)36(27)19-21-6-7-23-16-24(32)9-8-22(23)15-21/h4-11,15-16,26-29H,2-3,12-14,17-19H2,1H3,(H,33,37)(H,34,38)/t26?,27?,28?,29-/m0/s1. The van der Waals surface area contributed by atoms with Crippen LogP contribution < -0.4 is 10.6 Å². The second-order valence-corrected chi connectivity index (χ2v) is 11.2. The maximum absolute atomic E-state index is 13.5. The lowest BCUT2D eigenvalue weighted by molar-refractivity contribution is -0.119. The number of benzene rings is 3. The highest BCUT2D eigenvalue weighted by molar-refractivity contribution is 5.97. The van der Waals surface area contributed by atoms with E-state index in [1.807, 2.05) is 43.3 Å². The zero-order valence-corrected chi connectivity index (χ0v) is 21.8. The number of hydrogen-bond acceptors (Lipinski definition) is 3. The highest BCUT2D eigenvalue weighted by atomic mass is 19.1. The normalized spacial score (nSPS) is 25.1. The number of hydrogen-bond donors (Lipinski definition) is 2. The van der Waals surface area contributed by atoms with Crippen LogP contribution in [0.1, 0.15) is 49.7 Å². The van der Waals surface area contributed by atoms with Gasteiger partial charge < -0.3 is 15.5 Å². The number of nitrogens with one attached hydrogen (secondary N) is 2. The molecule has 3 amide bonds. The Morgan fingerprint density at radius 1 is 0.921 bits per heavy atom. The van der Waals surface area contributed by atoms with E-state index in [1.165, 1.54) is 11.6 Å². The lowest BCUT2D eigenvalue weighted by Gasteiger charge is -2.40. The summed E-state index contributed by atoms with van der Waals surface area (Å²) in [6, 6.07) is 19.4. The first kappa shape index (κ1) is 24.9. The van der Waals surface area contributed by atoms with E-state index in [2.05, 4.69) is 27.7 Å². The van der Waals surface area contributed by atoms with Gasteiger partial charge in [-0.15, -0.1) is 0 Å². The summed E-state index contributed by atoms with van der Waals surface area (Å²) in [6.45, 7) is 3.49. The second-order valence-electron chi connectivity index (χ2n) is 11.2. The van der Waals surface area contributed by atoms with E-state index in [0.29, 0.717) is 25.0 Å². The lowest BCUT2D eigenvalue weighted by Crippen LogP contribution is -2.54. The van der Waals surface area contributed by atoms with Crippen LogP contribution in [0.25, 0.3) is 10.8 Å². The molecule has 3 aliphatic heterocycles. The number of rotatable bonds is 5. The van der Waals surface area contributed by atoms with Gasteiger partial charge in [-0.05, 0) is 92.1 Å². The fourth-order valence-corrected chi connectivity index (χ4v) is 6.63. The van der Waals surface area contributed by atoms with Gasteiger partial charge in [0.2, 0.25) is 5.91 Å². The maximum atomic E-state index is 13.5. The van der Waals surface area contributed by atoms with Crippen LogP contribution in [0.4, 0.5) is 14.9 Å². The fraction of sp³-hybridized carbons (Fsp3) is 0.419. The fourth-order valence-electron chi connectivity index (χ4n) is 6.63. The molecular weight excluding hydrogens is 479 g/mol. The first-order valence-corrected chi connectivity index (χ1v) is 13.8. The Morgan fingerprint density at radius 2 is 1.63 bits per heavy atom. The van der Waals surface area contributed by atoms with Crippen molar-refractivity contribution in [2.45, 2.75) is 76.2 Å². The van der Waals surface area contributed by atoms with Crippen LogP contribution in [0, 0.1) is 12.7 Å². The lowest BCUT2D eigenvalue weighted by atomic mass is 9.96. The number of likely N-dealkylation sites (tertiary alicyclic amines) is 1. The van der Waals surface area contributed by atoms with E-state index < -0.39 is 6.04 Å². The molecule has 38 heavy (non-hydrogen) atoms. The molecule has 6 rings (SSSR count). The molecule has 7 heteroatoms. The molecular formula is C31H35FN4O2. The summed E-state index contributed by atoms with van der Waals surface area (Å²) in [4.78, 5) is 30.6. The molecule has 3 heterocycles. The Balaban J connectivity index is 1.06. The van der Waals surface area contributed by atoms with E-state index in [-0.39, 0.29) is 23.8 Å². The van der Waals surface area contributed by atoms with Gasteiger partial charge in [0.05, 0.1) is 0 Å². The molecule has 0 radical (unpaired) electrons. The van der Waals surface area contributed by atoms with E-state index in [1.54, 1.807) is 11.0 Å². The van der Waals surface area contributed by atoms with Crippen molar-refractivity contribution < 1.29 is 14.0 Å². The van der Waals surface area contributed by atoms with Crippen LogP contribution in [0.2, 0.25) is 0 Å². The number of urea groups is 1. The smallest absolute Gasteiger partial charge is 0.318 e. The third kappa shape index (κ3) is 5.12. The van der Waals surface area contributed by atoms with Crippen molar-refractivity contribution in [2.24, 2.45) is 0 Å². The Bertz CT molecular complexity index is 1330. The van der Waals surface area contributed by atoms with Gasteiger partial charge in [0.15, 0.2) is 0 Å². The first-order valence-electron chi connectivity index (χ1n) is 13.8. The van der Waals surface area contributed by atoms with Crippen molar-refractivity contribution >= 4 is 28.4 Å². The van der Waals surface area contributed by atoms with Crippen LogP contribution in [0.15, 0.2) is 60.7 Å². The van der Waals surface area contributed by atoms with Crippen LogP contribution in [-0.4, -0.2) is 52.5 Å². The summed E-state index contributed by atoms with van der Waals surface area (Å²) in [7, 11) is 0. The van der Waals surface area contributed by atoms with Gasteiger partial charge in [-0.25, -0.2) is 9.18 Å². The Hall–Kier alpha value is -3.45. The van der Waals surface area contributed by atoms with Crippen LogP contribution in [0.3, 0.4) is 0 Å². The summed E-state index contributed by atoms with van der Waals surface area (Å²) in [5, 5.41) is 8.24. The number of carbonyl (C=O) groups excluding carboxylic acids is 2. The average molecular weight is 515 g/mol. The molecule has 3 aromatic carbocycles. The zero-order valence-electron chi connectivity index (χ0n) is 21.8. The number of piperidine rings is 1. The number of nitrogens with zero attached hydrogens (tertiary/aromatic N) is 2. The highest BCUT2D eigenvalue weighted by Crippen LogP contribution is 2.37. The largest absolute Gasteiger partial charge is 0.335 e. The van der Waals surface area contributed by atoms with Gasteiger partial charge in [-0.1, -0.05) is 35.9 Å². The molecule has 2 bridgehead atoms. The van der Waals surface area contributed by atoms with Crippen molar-refractivity contribution in [2.75, 3.05) is 11.9 Å². The van der Waals surface area contributed by atoms with Gasteiger partial charge in [-0.2, -0.15) is 0 Å². The third-order valence-electron chi connectivity index (χ3n) is 8.58. The number of amides is 3. The summed E-state index contributed by atoms with van der Waals surface area (Å²) in [6.07, 6.45) is 5.65. The minimum atomic E-state index is -0.436. The molecule has 0 aromatic heterocycles. The van der Waals surface area contributed by atoms with Crippen molar-refractivity contribution in [1.29, 1.82) is 0 Å². The third-order valence-corrected chi connectivity index (χ3v) is 8.58. The van der Waals surface area contributed by atoms with Crippen molar-refractivity contribution in [3.8, 4) is 0 Å². The molecule has 2 N–H and O–H groups in total. The van der Waals surface area contributed by atoms with Crippen LogP contribution in [-0.2, 0) is 11.3 Å². The SMILES string of the molecule is Cc1ccc(NC(=O)[C@@H]2CCCN2C(=O)NC2CC3CCC(C2)N3Cc2ccc3cc(F)ccc3c2)cc1. The van der Waals surface area contributed by atoms with Crippen LogP contribution >= 0.6 is 0 Å². The van der Waals surface area contributed by atoms with Gasteiger partial charge >= 0.3 is 6.03 Å². The highest BCUT2D eigenvalue weighted by Gasteiger charge is 2.42. The quantitative estimate of drug-likeness (QED) is 0.466. The molecule has 0 saturated carbocycles. The molecule has 3 saturated heterocycles. The molecule has 3 fully saturated rings. The van der Waals surface area contributed by atoms with Gasteiger partial charge in [0, 0.05) is 36.9 Å². The summed E-state index contributed by atoms with van der Waals surface area (Å²) < 4.78 is 13.5. The van der Waals surface area contributed by atoms with Crippen molar-refractivity contribution in [3.63, 3.8) is 0 Å². The number of carbonyl (C=O) groups is 2. The summed E-state index contributed by atoms with van der Waals surface area (Å²) in [5.74, 6) is -0.325. The number of anilines is 1. The van der Waals surface area contributed by atoms with Gasteiger partial charge in [0.25, 0.3) is 0 Å². The molecule has 3 atom stereocenters. The average Bonchev–Trinajstić information content (AvgIpc) is 3.48. The zero-order chi connectivity index (χ0) is 26.2. The number of aryl methyl sites for hydroxylation is 1. The van der Waals surface area contributed by atoms with E-state index in [0.717, 1.165) is 60.7 Å². The van der Waals surface area contributed by atoms with Gasteiger partial charge in [-0.3, -0.25) is 9.69 Å². The molecule has 0 spiro atoms. The molecule has 2 unspecified atom stereocenters. The maximum Gasteiger partial charge on any atom is 0.318 e. The molecule has 0 aliphatic carbocycles. The Kier molecular flexibility index (Phi) is 6.78. The minimum absolute atomic E-state index is 0.116. The predicted molar refractivity (Wildman–Crippen MR) is 147 cm³/mol. The van der Waals surface area contributed by atoms with Crippen LogP contribution in [0.5, 0.6) is 0 Å². The molecule has 6 nitrogen and oxygen atoms in total. The number of halogens is 1. The minimum Gasteiger partial charge on any atom is -0.335 e.